The second kappa shape index (κ2) is 8.65. The molecule has 0 saturated heterocycles. The van der Waals surface area contributed by atoms with Crippen molar-refractivity contribution in [2.24, 2.45) is 5.92 Å². The number of amides is 1. The van der Waals surface area contributed by atoms with Crippen LogP contribution < -0.4 is 5.32 Å². The predicted octanol–water partition coefficient (Wildman–Crippen LogP) is 2.94. The Hall–Kier alpha value is -3.13. The first kappa shape index (κ1) is 18.2. The lowest BCUT2D eigenvalue weighted by atomic mass is 9.89. The molecule has 0 fully saturated rings. The molecule has 1 amide bonds. The second-order valence-electron chi connectivity index (χ2n) is 5.92. The number of carboxylic acid groups (broad SMARTS) is 1. The van der Waals surface area contributed by atoms with Gasteiger partial charge in [-0.1, -0.05) is 67.6 Å². The zero-order valence-corrected chi connectivity index (χ0v) is 13.9. The summed E-state index contributed by atoms with van der Waals surface area (Å²) in [5.41, 5.74) is 1.56. The van der Waals surface area contributed by atoms with Crippen molar-refractivity contribution in [1.29, 1.82) is 5.26 Å². The van der Waals surface area contributed by atoms with E-state index in [1.807, 2.05) is 66.7 Å². The van der Waals surface area contributed by atoms with Crippen LogP contribution in [-0.2, 0) is 9.59 Å². The first-order valence-corrected chi connectivity index (χ1v) is 8.04. The van der Waals surface area contributed by atoms with Crippen molar-refractivity contribution in [3.63, 3.8) is 0 Å². The van der Waals surface area contributed by atoms with Crippen molar-refractivity contribution < 1.29 is 14.7 Å². The van der Waals surface area contributed by atoms with Gasteiger partial charge in [-0.15, -0.1) is 0 Å². The van der Waals surface area contributed by atoms with E-state index < -0.39 is 29.8 Å². The molecule has 0 aliphatic rings. The van der Waals surface area contributed by atoms with Crippen LogP contribution in [0.25, 0.3) is 0 Å². The first-order chi connectivity index (χ1) is 12.0. The number of nitrogens with one attached hydrogen (secondary N) is 1. The van der Waals surface area contributed by atoms with Gasteiger partial charge in [0.15, 0.2) is 0 Å². The Bertz CT molecular complexity index is 714. The van der Waals surface area contributed by atoms with E-state index >= 15 is 0 Å². The van der Waals surface area contributed by atoms with Crippen molar-refractivity contribution in [1.82, 2.24) is 5.32 Å². The van der Waals surface area contributed by atoms with Crippen LogP contribution in [0.2, 0.25) is 0 Å². The maximum absolute atomic E-state index is 12.9. The number of hydrogen-bond donors (Lipinski definition) is 2. The summed E-state index contributed by atoms with van der Waals surface area (Å²) in [5, 5.41) is 20.8. The lowest BCUT2D eigenvalue weighted by Gasteiger charge is -2.24. The third kappa shape index (κ3) is 4.67. The van der Waals surface area contributed by atoms with Gasteiger partial charge in [0.05, 0.1) is 12.0 Å². The third-order valence-electron chi connectivity index (χ3n) is 4.07. The van der Waals surface area contributed by atoms with Gasteiger partial charge in [-0.3, -0.25) is 4.79 Å². The molecule has 0 aromatic heterocycles. The van der Waals surface area contributed by atoms with Gasteiger partial charge in [-0.2, -0.15) is 5.26 Å². The largest absolute Gasteiger partial charge is 0.480 e. The molecule has 0 aliphatic heterocycles. The SMILES string of the molecule is C[C@H](CC#N)[C@H](NC(=O)C(c1ccccc1)c1ccccc1)C(=O)O. The minimum absolute atomic E-state index is 0.0542. The Morgan fingerprint density at radius 2 is 1.52 bits per heavy atom. The molecule has 0 radical (unpaired) electrons. The molecule has 5 heteroatoms. The van der Waals surface area contributed by atoms with E-state index in [1.54, 1.807) is 6.92 Å². The molecule has 0 unspecified atom stereocenters. The summed E-state index contributed by atoms with van der Waals surface area (Å²) in [6, 6.07) is 19.3. The van der Waals surface area contributed by atoms with Crippen molar-refractivity contribution >= 4 is 11.9 Å². The Morgan fingerprint density at radius 3 is 1.92 bits per heavy atom. The molecule has 0 heterocycles. The van der Waals surface area contributed by atoms with E-state index in [0.717, 1.165) is 11.1 Å². The molecule has 25 heavy (non-hydrogen) atoms. The van der Waals surface area contributed by atoms with E-state index in [4.69, 9.17) is 5.26 Å². The Morgan fingerprint density at radius 1 is 1.04 bits per heavy atom. The zero-order chi connectivity index (χ0) is 18.2. The van der Waals surface area contributed by atoms with E-state index in [2.05, 4.69) is 5.32 Å². The van der Waals surface area contributed by atoms with Crippen LogP contribution >= 0.6 is 0 Å². The Balaban J connectivity index is 2.33. The molecular formula is C20H20N2O3. The fourth-order valence-corrected chi connectivity index (χ4v) is 2.73. The fraction of sp³-hybridized carbons (Fsp3) is 0.250. The van der Waals surface area contributed by atoms with Crippen LogP contribution in [0.4, 0.5) is 0 Å². The average molecular weight is 336 g/mol. The number of aliphatic carboxylic acids is 1. The minimum atomic E-state index is -1.14. The van der Waals surface area contributed by atoms with E-state index in [-0.39, 0.29) is 6.42 Å². The van der Waals surface area contributed by atoms with Gasteiger partial charge in [0.25, 0.3) is 0 Å². The average Bonchev–Trinajstić information content (AvgIpc) is 2.61. The molecule has 2 aromatic carbocycles. The molecule has 2 atom stereocenters. The molecule has 0 spiro atoms. The Kier molecular flexibility index (Phi) is 6.30. The molecule has 2 aromatic rings. The van der Waals surface area contributed by atoms with Crippen LogP contribution in [0.15, 0.2) is 60.7 Å². The highest BCUT2D eigenvalue weighted by atomic mass is 16.4. The number of carbonyl (C=O) groups excluding carboxylic acids is 1. The quantitative estimate of drug-likeness (QED) is 0.813. The number of carboxylic acids is 1. The van der Waals surface area contributed by atoms with Crippen molar-refractivity contribution in [3.8, 4) is 6.07 Å². The first-order valence-electron chi connectivity index (χ1n) is 8.04. The predicted molar refractivity (Wildman–Crippen MR) is 93.7 cm³/mol. The molecule has 5 nitrogen and oxygen atoms in total. The van der Waals surface area contributed by atoms with Crippen molar-refractivity contribution in [2.45, 2.75) is 25.3 Å². The molecular weight excluding hydrogens is 316 g/mol. The van der Waals surface area contributed by atoms with Crippen LogP contribution in [0.5, 0.6) is 0 Å². The standard InChI is InChI=1S/C20H20N2O3/c1-14(12-13-21)18(20(24)25)22-19(23)17(15-8-4-2-5-9-15)16-10-6-3-7-11-16/h2-11,14,17-18H,12H2,1H3,(H,22,23)(H,24,25)/t14-,18+/m1/s1. The van der Waals surface area contributed by atoms with Crippen molar-refractivity contribution in [2.75, 3.05) is 0 Å². The maximum atomic E-state index is 12.9. The number of hydrogen-bond acceptors (Lipinski definition) is 3. The molecule has 128 valence electrons. The van der Waals surface area contributed by atoms with Gasteiger partial charge in [-0.05, 0) is 11.1 Å². The lowest BCUT2D eigenvalue weighted by Crippen LogP contribution is -2.47. The maximum Gasteiger partial charge on any atom is 0.326 e. The summed E-state index contributed by atoms with van der Waals surface area (Å²) < 4.78 is 0. The molecule has 0 aliphatic carbocycles. The summed E-state index contributed by atoms with van der Waals surface area (Å²) in [6.45, 7) is 1.64. The summed E-state index contributed by atoms with van der Waals surface area (Å²) in [6.07, 6.45) is 0.0542. The van der Waals surface area contributed by atoms with Gasteiger partial charge in [0.1, 0.15) is 6.04 Å². The third-order valence-corrected chi connectivity index (χ3v) is 4.07. The highest BCUT2D eigenvalue weighted by Crippen LogP contribution is 2.25. The zero-order valence-electron chi connectivity index (χ0n) is 13.9. The smallest absolute Gasteiger partial charge is 0.326 e. The topological polar surface area (TPSA) is 90.2 Å². The van der Waals surface area contributed by atoms with Gasteiger partial charge in [0.2, 0.25) is 5.91 Å². The summed E-state index contributed by atoms with van der Waals surface area (Å²) >= 11 is 0. The lowest BCUT2D eigenvalue weighted by molar-refractivity contribution is -0.143. The number of benzene rings is 2. The van der Waals surface area contributed by atoms with Gasteiger partial charge in [0, 0.05) is 12.3 Å². The van der Waals surface area contributed by atoms with Crippen molar-refractivity contribution in [3.05, 3.63) is 71.8 Å². The molecule has 2 rings (SSSR count). The number of rotatable bonds is 7. The minimum Gasteiger partial charge on any atom is -0.480 e. The van der Waals surface area contributed by atoms with E-state index in [1.165, 1.54) is 0 Å². The van der Waals surface area contributed by atoms with Crippen LogP contribution in [-0.4, -0.2) is 23.0 Å². The summed E-state index contributed by atoms with van der Waals surface area (Å²) in [5.74, 6) is -2.64. The normalized spacial score (nSPS) is 12.8. The van der Waals surface area contributed by atoms with Crippen LogP contribution in [0.1, 0.15) is 30.4 Å². The van der Waals surface area contributed by atoms with E-state index in [0.29, 0.717) is 0 Å². The summed E-state index contributed by atoms with van der Waals surface area (Å²) in [4.78, 5) is 24.4. The second-order valence-corrected chi connectivity index (χ2v) is 5.92. The van der Waals surface area contributed by atoms with Crippen LogP contribution in [0.3, 0.4) is 0 Å². The number of carbonyl (C=O) groups is 2. The highest BCUT2D eigenvalue weighted by molar-refractivity contribution is 5.90. The molecule has 0 saturated carbocycles. The highest BCUT2D eigenvalue weighted by Gasteiger charge is 2.30. The number of nitriles is 1. The monoisotopic (exact) mass is 336 g/mol. The fourth-order valence-electron chi connectivity index (χ4n) is 2.73. The molecule has 0 bridgehead atoms. The van der Waals surface area contributed by atoms with Gasteiger partial charge < -0.3 is 10.4 Å². The summed E-state index contributed by atoms with van der Waals surface area (Å²) in [7, 11) is 0. The van der Waals surface area contributed by atoms with Gasteiger partial charge >= 0.3 is 5.97 Å². The molecule has 2 N–H and O–H groups in total. The number of nitrogens with zero attached hydrogens (tertiary/aromatic N) is 1. The van der Waals surface area contributed by atoms with E-state index in [9.17, 15) is 14.7 Å². The van der Waals surface area contributed by atoms with Gasteiger partial charge in [-0.25, -0.2) is 4.79 Å². The Labute approximate surface area is 146 Å². The van der Waals surface area contributed by atoms with Crippen LogP contribution in [0, 0.1) is 17.2 Å².